The summed E-state index contributed by atoms with van der Waals surface area (Å²) in [4.78, 5) is 4.38. The van der Waals surface area contributed by atoms with Crippen molar-refractivity contribution in [2.75, 3.05) is 0 Å². The summed E-state index contributed by atoms with van der Waals surface area (Å²) in [5, 5.41) is 0. The Hall–Kier alpha value is -3.45. The molecule has 2 aromatic carbocycles. The molecule has 2 heterocycles. The fraction of sp³-hybridized carbons (Fsp3) is 0.0476. The Morgan fingerprint density at radius 2 is 1.57 bits per heavy atom. The second-order valence-electron chi connectivity index (χ2n) is 6.18. The summed E-state index contributed by atoms with van der Waals surface area (Å²) in [6, 6.07) is 19.5. The lowest BCUT2D eigenvalue weighted by Crippen LogP contribution is -2.44. The number of rotatable bonds is 5. The van der Waals surface area contributed by atoms with E-state index in [0.717, 1.165) is 15.9 Å². The van der Waals surface area contributed by atoms with Gasteiger partial charge in [-0.25, -0.2) is 4.98 Å². The van der Waals surface area contributed by atoms with Crippen LogP contribution in [-0.4, -0.2) is 13.4 Å². The van der Waals surface area contributed by atoms with Crippen molar-refractivity contribution in [1.29, 1.82) is 0 Å². The summed E-state index contributed by atoms with van der Waals surface area (Å²) in [6.45, 7) is 1.89. The third-order valence-electron chi connectivity index (χ3n) is 4.11. The van der Waals surface area contributed by atoms with E-state index in [-0.39, 0.29) is 4.90 Å². The van der Waals surface area contributed by atoms with Crippen LogP contribution in [0.2, 0.25) is 0 Å². The van der Waals surface area contributed by atoms with Crippen LogP contribution in [0.4, 0.5) is 0 Å². The number of hydrogen-bond donors (Lipinski definition) is 0. The molecule has 0 atom stereocenters. The highest BCUT2D eigenvalue weighted by atomic mass is 32.2. The molecule has 0 saturated carbocycles. The van der Waals surface area contributed by atoms with Crippen molar-refractivity contribution < 1.29 is 21.8 Å². The molecule has 4 aromatic rings. The highest BCUT2D eigenvalue weighted by Gasteiger charge is 2.22. The SMILES string of the molecule is Cc1ccc(S(=O)(=O)O[n+]2ccc(-c3ncc(-c4ccccc4)o3)cc2)cc1. The van der Waals surface area contributed by atoms with E-state index in [1.54, 1.807) is 30.5 Å². The Morgan fingerprint density at radius 3 is 2.25 bits per heavy atom. The normalized spacial score (nSPS) is 11.3. The minimum absolute atomic E-state index is 0.0925. The average Bonchev–Trinajstić information content (AvgIpc) is 3.19. The maximum absolute atomic E-state index is 12.4. The molecule has 0 bridgehead atoms. The highest BCUT2D eigenvalue weighted by molar-refractivity contribution is 7.86. The lowest BCUT2D eigenvalue weighted by molar-refractivity contribution is -0.856. The Bertz CT molecular complexity index is 1180. The molecule has 6 nitrogen and oxygen atoms in total. The van der Waals surface area contributed by atoms with E-state index in [1.165, 1.54) is 24.5 Å². The van der Waals surface area contributed by atoms with Gasteiger partial charge >= 0.3 is 10.1 Å². The van der Waals surface area contributed by atoms with Gasteiger partial charge in [0.25, 0.3) is 0 Å². The first-order valence-electron chi connectivity index (χ1n) is 8.56. The smallest absolute Gasteiger partial charge is 0.396 e. The summed E-state index contributed by atoms with van der Waals surface area (Å²) < 4.78 is 36.8. The third kappa shape index (κ3) is 3.79. The zero-order valence-corrected chi connectivity index (χ0v) is 15.8. The fourth-order valence-electron chi connectivity index (χ4n) is 2.61. The number of benzene rings is 2. The Balaban J connectivity index is 1.53. The van der Waals surface area contributed by atoms with Crippen molar-refractivity contribution in [3.63, 3.8) is 0 Å². The van der Waals surface area contributed by atoms with Gasteiger partial charge in [-0.3, -0.25) is 0 Å². The highest BCUT2D eigenvalue weighted by Crippen LogP contribution is 2.25. The molecular formula is C21H17N2O4S+. The van der Waals surface area contributed by atoms with Crippen LogP contribution in [-0.2, 0) is 10.1 Å². The Labute approximate surface area is 162 Å². The number of nitrogens with zero attached hydrogens (tertiary/aromatic N) is 2. The number of aryl methyl sites for hydroxylation is 1. The molecule has 0 radical (unpaired) electrons. The topological polar surface area (TPSA) is 73.3 Å². The monoisotopic (exact) mass is 393 g/mol. The first-order chi connectivity index (χ1) is 13.5. The fourth-order valence-corrected chi connectivity index (χ4v) is 3.49. The first kappa shape index (κ1) is 17.9. The maximum atomic E-state index is 12.4. The lowest BCUT2D eigenvalue weighted by Gasteiger charge is -2.01. The van der Waals surface area contributed by atoms with Gasteiger partial charge in [0, 0.05) is 28.0 Å². The van der Waals surface area contributed by atoms with Gasteiger partial charge in [0.05, 0.1) is 6.20 Å². The van der Waals surface area contributed by atoms with Gasteiger partial charge in [-0.2, -0.15) is 8.42 Å². The molecule has 0 aliphatic rings. The number of oxazole rings is 1. The molecule has 0 aliphatic carbocycles. The molecular weight excluding hydrogens is 376 g/mol. The Kier molecular flexibility index (Phi) is 4.67. The molecule has 0 fully saturated rings. The summed E-state index contributed by atoms with van der Waals surface area (Å²) in [5.41, 5.74) is 2.60. The predicted octanol–water partition coefficient (Wildman–Crippen LogP) is 3.42. The van der Waals surface area contributed by atoms with Crippen molar-refractivity contribution in [1.82, 2.24) is 4.98 Å². The number of pyridine rings is 1. The van der Waals surface area contributed by atoms with Gasteiger partial charge in [0.2, 0.25) is 18.3 Å². The molecule has 7 heteroatoms. The van der Waals surface area contributed by atoms with Crippen molar-refractivity contribution in [3.8, 4) is 22.8 Å². The average molecular weight is 393 g/mol. The van der Waals surface area contributed by atoms with Gasteiger partial charge in [-0.15, -0.1) is 4.28 Å². The summed E-state index contributed by atoms with van der Waals surface area (Å²) in [7, 11) is -3.92. The quantitative estimate of drug-likeness (QED) is 0.486. The Morgan fingerprint density at radius 1 is 0.893 bits per heavy atom. The van der Waals surface area contributed by atoms with Crippen LogP contribution in [0.15, 0.2) is 94.6 Å². The summed E-state index contributed by atoms with van der Waals surface area (Å²) in [5.74, 6) is 1.10. The number of aromatic nitrogens is 2. The molecule has 0 N–H and O–H groups in total. The van der Waals surface area contributed by atoms with Crippen LogP contribution in [0.25, 0.3) is 22.8 Å². The second-order valence-corrected chi connectivity index (χ2v) is 7.71. The van der Waals surface area contributed by atoms with E-state index in [1.807, 2.05) is 37.3 Å². The van der Waals surface area contributed by atoms with Crippen molar-refractivity contribution in [3.05, 3.63) is 90.9 Å². The van der Waals surface area contributed by atoms with Crippen LogP contribution in [0.1, 0.15) is 5.56 Å². The first-order valence-corrected chi connectivity index (χ1v) is 9.97. The van der Waals surface area contributed by atoms with Crippen LogP contribution in [0.5, 0.6) is 0 Å². The van der Waals surface area contributed by atoms with Gasteiger partial charge in [-0.1, -0.05) is 48.0 Å². The standard InChI is InChI=1S/C21H17N2O4S/c1-16-7-9-19(10-8-16)28(24,25)27-23-13-11-18(12-14-23)21-22-15-20(26-21)17-5-3-2-4-6-17/h2-15H,1H3/q+1. The zero-order valence-electron chi connectivity index (χ0n) is 15.0. The zero-order chi connectivity index (χ0) is 19.6. The van der Waals surface area contributed by atoms with Gasteiger partial charge < -0.3 is 4.42 Å². The molecule has 0 spiro atoms. The van der Waals surface area contributed by atoms with Crippen LogP contribution in [0, 0.1) is 6.92 Å². The van der Waals surface area contributed by atoms with Gasteiger partial charge in [0.15, 0.2) is 5.76 Å². The van der Waals surface area contributed by atoms with E-state index in [9.17, 15) is 8.42 Å². The molecule has 2 aromatic heterocycles. The molecule has 0 unspecified atom stereocenters. The van der Waals surface area contributed by atoms with Gasteiger partial charge in [-0.05, 0) is 19.1 Å². The van der Waals surface area contributed by atoms with E-state index in [0.29, 0.717) is 17.2 Å². The van der Waals surface area contributed by atoms with Crippen LogP contribution in [0.3, 0.4) is 0 Å². The summed E-state index contributed by atoms with van der Waals surface area (Å²) >= 11 is 0. The lowest BCUT2D eigenvalue weighted by atomic mass is 10.2. The minimum atomic E-state index is -3.92. The van der Waals surface area contributed by atoms with E-state index in [2.05, 4.69) is 4.98 Å². The second kappa shape index (κ2) is 7.28. The largest absolute Gasteiger partial charge is 0.436 e. The van der Waals surface area contributed by atoms with Crippen molar-refractivity contribution in [2.24, 2.45) is 0 Å². The van der Waals surface area contributed by atoms with Crippen LogP contribution >= 0.6 is 0 Å². The molecule has 0 saturated heterocycles. The van der Waals surface area contributed by atoms with Gasteiger partial charge in [0.1, 0.15) is 4.90 Å². The minimum Gasteiger partial charge on any atom is -0.436 e. The summed E-state index contributed by atoms with van der Waals surface area (Å²) in [6.07, 6.45) is 4.64. The van der Waals surface area contributed by atoms with E-state index >= 15 is 0 Å². The van der Waals surface area contributed by atoms with Crippen molar-refractivity contribution in [2.45, 2.75) is 11.8 Å². The molecule has 0 amide bonds. The van der Waals surface area contributed by atoms with Crippen molar-refractivity contribution >= 4 is 10.1 Å². The molecule has 140 valence electrons. The maximum Gasteiger partial charge on any atom is 0.396 e. The molecule has 4 rings (SSSR count). The third-order valence-corrected chi connectivity index (χ3v) is 5.32. The number of hydrogen-bond acceptors (Lipinski definition) is 5. The predicted molar refractivity (Wildman–Crippen MR) is 103 cm³/mol. The van der Waals surface area contributed by atoms with E-state index in [4.69, 9.17) is 8.70 Å². The van der Waals surface area contributed by atoms with Crippen LogP contribution < -0.4 is 9.01 Å². The molecule has 0 aliphatic heterocycles. The van der Waals surface area contributed by atoms with E-state index < -0.39 is 10.1 Å². The molecule has 28 heavy (non-hydrogen) atoms.